The molecule has 2 N–H and O–H groups in total. The van der Waals surface area contributed by atoms with Gasteiger partial charge in [-0.3, -0.25) is 0 Å². The Hall–Kier alpha value is -1.33. The largest absolute Gasteiger partial charge is 0.339 e. The Balaban J connectivity index is 1.65. The lowest BCUT2D eigenvalue weighted by atomic mass is 9.82. The molecule has 0 saturated carbocycles. The Morgan fingerprint density at radius 3 is 3.00 bits per heavy atom. The van der Waals surface area contributed by atoms with Crippen LogP contribution in [0.25, 0.3) is 0 Å². The molecule has 1 aliphatic carbocycles. The van der Waals surface area contributed by atoms with E-state index < -0.39 is 0 Å². The minimum atomic E-state index is 0.141. The predicted molar refractivity (Wildman–Crippen MR) is 83.6 cm³/mol. The van der Waals surface area contributed by atoms with Gasteiger partial charge in [0.05, 0.1) is 5.92 Å². The van der Waals surface area contributed by atoms with Crippen LogP contribution in [-0.2, 0) is 6.42 Å². The summed E-state index contributed by atoms with van der Waals surface area (Å²) in [4.78, 5) is 4.69. The number of hydrogen-bond acceptors (Lipinski definition) is 5. The topological polar surface area (TPSA) is 64.9 Å². The van der Waals surface area contributed by atoms with Crippen LogP contribution in [-0.4, -0.2) is 27.7 Å². The van der Waals surface area contributed by atoms with Gasteiger partial charge in [0.25, 0.3) is 0 Å². The summed E-state index contributed by atoms with van der Waals surface area (Å²) >= 11 is 1.87. The van der Waals surface area contributed by atoms with Crippen LogP contribution in [0, 0.1) is 0 Å². The molecule has 3 atom stereocenters. The highest BCUT2D eigenvalue weighted by molar-refractivity contribution is 7.99. The van der Waals surface area contributed by atoms with Crippen LogP contribution in [0.5, 0.6) is 0 Å². The zero-order valence-electron chi connectivity index (χ0n) is 11.9. The van der Waals surface area contributed by atoms with E-state index in [1.807, 2.05) is 11.8 Å². The average molecular weight is 301 g/mol. The summed E-state index contributed by atoms with van der Waals surface area (Å²) < 4.78 is 5.53. The van der Waals surface area contributed by atoms with E-state index in [2.05, 4.69) is 29.4 Å². The summed E-state index contributed by atoms with van der Waals surface area (Å²) in [6, 6.07) is 8.76. The van der Waals surface area contributed by atoms with Crippen LogP contribution in [0.15, 0.2) is 28.8 Å². The summed E-state index contributed by atoms with van der Waals surface area (Å²) in [5, 5.41) is 4.27. The molecule has 0 bridgehead atoms. The number of thioether (sulfide) groups is 1. The molecule has 1 aromatic heterocycles. The molecule has 2 aromatic rings. The molecule has 0 spiro atoms. The zero-order valence-corrected chi connectivity index (χ0v) is 12.7. The van der Waals surface area contributed by atoms with E-state index in [9.17, 15) is 0 Å². The molecular weight excluding hydrogens is 282 g/mol. The second-order valence-electron chi connectivity index (χ2n) is 5.94. The molecule has 1 fully saturated rings. The lowest BCUT2D eigenvalue weighted by molar-refractivity contribution is 0.346. The summed E-state index contributed by atoms with van der Waals surface area (Å²) in [6.07, 6.45) is 3.44. The highest BCUT2D eigenvalue weighted by Crippen LogP contribution is 2.37. The van der Waals surface area contributed by atoms with Gasteiger partial charge < -0.3 is 10.3 Å². The molecule has 2 heterocycles. The minimum Gasteiger partial charge on any atom is -0.339 e. The van der Waals surface area contributed by atoms with Gasteiger partial charge in [-0.2, -0.15) is 16.7 Å². The molecule has 0 radical (unpaired) electrons. The van der Waals surface area contributed by atoms with Gasteiger partial charge in [0.15, 0.2) is 5.82 Å². The summed E-state index contributed by atoms with van der Waals surface area (Å²) in [6.45, 7) is 0. The van der Waals surface area contributed by atoms with Crippen molar-refractivity contribution in [2.75, 3.05) is 11.5 Å². The van der Waals surface area contributed by atoms with E-state index in [-0.39, 0.29) is 17.9 Å². The molecule has 2 aliphatic rings. The molecule has 4 rings (SSSR count). The third-order valence-electron chi connectivity index (χ3n) is 4.58. The van der Waals surface area contributed by atoms with Crippen molar-refractivity contribution in [1.29, 1.82) is 0 Å². The normalized spacial score (nSPS) is 28.5. The first kappa shape index (κ1) is 13.3. The molecule has 21 heavy (non-hydrogen) atoms. The maximum atomic E-state index is 6.13. The number of benzene rings is 1. The van der Waals surface area contributed by atoms with E-state index in [1.54, 1.807) is 0 Å². The number of rotatable bonds is 2. The predicted octanol–water partition coefficient (Wildman–Crippen LogP) is 2.70. The van der Waals surface area contributed by atoms with Crippen molar-refractivity contribution in [2.24, 2.45) is 5.73 Å². The quantitative estimate of drug-likeness (QED) is 0.924. The van der Waals surface area contributed by atoms with Gasteiger partial charge >= 0.3 is 0 Å². The van der Waals surface area contributed by atoms with Crippen LogP contribution in [0.1, 0.15) is 47.5 Å². The summed E-state index contributed by atoms with van der Waals surface area (Å²) in [7, 11) is 0. The highest BCUT2D eigenvalue weighted by atomic mass is 32.2. The van der Waals surface area contributed by atoms with E-state index >= 15 is 0 Å². The van der Waals surface area contributed by atoms with Gasteiger partial charge in [0, 0.05) is 23.5 Å². The van der Waals surface area contributed by atoms with Crippen molar-refractivity contribution in [3.8, 4) is 0 Å². The number of hydrogen-bond donors (Lipinski definition) is 1. The van der Waals surface area contributed by atoms with E-state index in [4.69, 9.17) is 15.2 Å². The van der Waals surface area contributed by atoms with E-state index in [1.165, 1.54) is 17.5 Å². The smallest absolute Gasteiger partial charge is 0.232 e. The Bertz CT molecular complexity index is 642. The third kappa shape index (κ3) is 2.38. The molecule has 1 aromatic carbocycles. The maximum absolute atomic E-state index is 6.13. The first-order chi connectivity index (χ1) is 10.3. The van der Waals surface area contributed by atoms with Crippen molar-refractivity contribution in [3.05, 3.63) is 47.1 Å². The second-order valence-corrected chi connectivity index (χ2v) is 7.02. The van der Waals surface area contributed by atoms with E-state index in [0.29, 0.717) is 0 Å². The molecule has 3 unspecified atom stereocenters. The molecule has 110 valence electrons. The highest BCUT2D eigenvalue weighted by Gasteiger charge is 2.32. The number of aromatic nitrogens is 2. The van der Waals surface area contributed by atoms with Gasteiger partial charge in [0.1, 0.15) is 0 Å². The summed E-state index contributed by atoms with van der Waals surface area (Å²) in [5.74, 6) is 4.03. The number of aryl methyl sites for hydroxylation is 1. The molecule has 5 heteroatoms. The van der Waals surface area contributed by atoms with Crippen molar-refractivity contribution in [2.45, 2.75) is 37.1 Å². The first-order valence-corrected chi connectivity index (χ1v) is 8.73. The van der Waals surface area contributed by atoms with Gasteiger partial charge in [-0.05, 0) is 30.4 Å². The van der Waals surface area contributed by atoms with Gasteiger partial charge in [-0.15, -0.1) is 0 Å². The van der Waals surface area contributed by atoms with Crippen LogP contribution < -0.4 is 5.73 Å². The Morgan fingerprint density at radius 1 is 1.24 bits per heavy atom. The van der Waals surface area contributed by atoms with Crippen LogP contribution in [0.3, 0.4) is 0 Å². The van der Waals surface area contributed by atoms with Crippen molar-refractivity contribution < 1.29 is 4.52 Å². The Kier molecular flexibility index (Phi) is 3.47. The molecule has 0 amide bonds. The molecule has 1 aliphatic heterocycles. The SMILES string of the molecule is NC1CSCC1c1nc(C2CCCc3ccccc32)no1. The fraction of sp³-hybridized carbons (Fsp3) is 0.500. The van der Waals surface area contributed by atoms with E-state index in [0.717, 1.165) is 36.1 Å². The van der Waals surface area contributed by atoms with Crippen LogP contribution in [0.2, 0.25) is 0 Å². The number of fused-ring (bicyclic) bond motifs is 1. The lowest BCUT2D eigenvalue weighted by Gasteiger charge is -2.22. The summed E-state index contributed by atoms with van der Waals surface area (Å²) in [5.41, 5.74) is 8.91. The van der Waals surface area contributed by atoms with Gasteiger partial charge in [-0.25, -0.2) is 0 Å². The monoisotopic (exact) mass is 301 g/mol. The van der Waals surface area contributed by atoms with Crippen molar-refractivity contribution in [3.63, 3.8) is 0 Å². The molecular formula is C16H19N3OS. The maximum Gasteiger partial charge on any atom is 0.232 e. The van der Waals surface area contributed by atoms with Crippen molar-refractivity contribution >= 4 is 11.8 Å². The first-order valence-electron chi connectivity index (χ1n) is 7.57. The molecule has 1 saturated heterocycles. The fourth-order valence-corrected chi connectivity index (χ4v) is 4.67. The Morgan fingerprint density at radius 2 is 2.14 bits per heavy atom. The zero-order chi connectivity index (χ0) is 14.2. The van der Waals surface area contributed by atoms with Crippen molar-refractivity contribution in [1.82, 2.24) is 10.1 Å². The third-order valence-corrected chi connectivity index (χ3v) is 5.80. The van der Waals surface area contributed by atoms with Gasteiger partial charge in [0.2, 0.25) is 5.89 Å². The van der Waals surface area contributed by atoms with Crippen LogP contribution >= 0.6 is 11.8 Å². The molecule has 4 nitrogen and oxygen atoms in total. The standard InChI is InChI=1S/C16H19N3OS/c17-14-9-21-8-13(14)16-18-15(19-20-16)12-7-3-5-10-4-1-2-6-11(10)12/h1-2,4,6,12-14H,3,5,7-9,17H2. The number of nitrogens with zero attached hydrogens (tertiary/aromatic N) is 2. The second kappa shape index (κ2) is 5.46. The van der Waals surface area contributed by atoms with Crippen LogP contribution in [0.4, 0.5) is 0 Å². The average Bonchev–Trinajstić information content (AvgIpc) is 3.15. The van der Waals surface area contributed by atoms with Gasteiger partial charge in [-0.1, -0.05) is 29.4 Å². The number of nitrogens with two attached hydrogens (primary N) is 1. The Labute approximate surface area is 128 Å². The minimum absolute atomic E-state index is 0.141. The fourth-order valence-electron chi connectivity index (χ4n) is 3.39. The lowest BCUT2D eigenvalue weighted by Crippen LogP contribution is -2.26.